The minimum atomic E-state index is -0.772. The third kappa shape index (κ3) is 4.02. The van der Waals surface area contributed by atoms with Gasteiger partial charge < -0.3 is 9.64 Å². The lowest BCUT2D eigenvalue weighted by Crippen LogP contribution is -2.58. The Morgan fingerprint density at radius 2 is 1.97 bits per heavy atom. The molecule has 1 amide bonds. The van der Waals surface area contributed by atoms with Crippen molar-refractivity contribution in [2.45, 2.75) is 45.6 Å². The average Bonchev–Trinajstić information content (AvgIpc) is 3.46. The first kappa shape index (κ1) is 22.7. The van der Waals surface area contributed by atoms with Gasteiger partial charge in [0.15, 0.2) is 5.78 Å². The molecule has 0 N–H and O–H groups in total. The maximum Gasteiger partial charge on any atom is 0.410 e. The molecular formula is C25H27FN4O3S. The van der Waals surface area contributed by atoms with Crippen molar-refractivity contribution in [2.75, 3.05) is 13.1 Å². The minimum absolute atomic E-state index is 0.0217. The van der Waals surface area contributed by atoms with E-state index in [1.165, 1.54) is 23.5 Å². The van der Waals surface area contributed by atoms with Gasteiger partial charge in [-0.25, -0.2) is 13.9 Å². The molecule has 0 bridgehead atoms. The molecule has 1 aliphatic carbocycles. The Morgan fingerprint density at radius 1 is 1.21 bits per heavy atom. The molecule has 34 heavy (non-hydrogen) atoms. The number of carbonyl (C=O) groups is 2. The largest absolute Gasteiger partial charge is 0.444 e. The van der Waals surface area contributed by atoms with Crippen LogP contribution < -0.4 is 0 Å². The van der Waals surface area contributed by atoms with Crippen molar-refractivity contribution in [3.63, 3.8) is 0 Å². The van der Waals surface area contributed by atoms with E-state index in [1.54, 1.807) is 34.9 Å². The molecule has 5 rings (SSSR count). The standard InChI is InChI=1S/C25H27FN4O3S/c1-24(2,3)33-23(32)29-9-8-17-10-20-16(12-28-30(20)19-6-4-18(26)5-7-19)11-25(17,14-29)22(31)21-13-27-15-34-21/h4-7,12-13,15,17H,8-11,14H2,1-3H3/t17?,25-/m0/s1. The summed E-state index contributed by atoms with van der Waals surface area (Å²) in [6.45, 7) is 6.34. The van der Waals surface area contributed by atoms with Crippen LogP contribution in [0.5, 0.6) is 0 Å². The SMILES string of the molecule is CC(C)(C)OC(=O)N1CCC2Cc3c(cnn3-c3ccc(F)cc3)C[C@]2(C(=O)c2cncs2)C1. The zero-order valence-electron chi connectivity index (χ0n) is 19.5. The summed E-state index contributed by atoms with van der Waals surface area (Å²) >= 11 is 1.33. The lowest BCUT2D eigenvalue weighted by Gasteiger charge is -2.49. The van der Waals surface area contributed by atoms with Crippen molar-refractivity contribution in [1.82, 2.24) is 19.7 Å². The van der Waals surface area contributed by atoms with Crippen LogP contribution in [0.2, 0.25) is 0 Å². The number of halogens is 1. The molecule has 1 unspecified atom stereocenters. The Labute approximate surface area is 201 Å². The zero-order chi connectivity index (χ0) is 24.1. The molecule has 1 aliphatic heterocycles. The van der Waals surface area contributed by atoms with Gasteiger partial charge in [0, 0.05) is 25.0 Å². The molecule has 0 radical (unpaired) electrons. The summed E-state index contributed by atoms with van der Waals surface area (Å²) in [5.41, 5.74) is 3.08. The Hall–Kier alpha value is -3.07. The maximum atomic E-state index is 13.9. The van der Waals surface area contributed by atoms with Crippen LogP contribution in [0.4, 0.5) is 9.18 Å². The van der Waals surface area contributed by atoms with Crippen LogP contribution in [0.25, 0.3) is 5.69 Å². The fraction of sp³-hybridized carbons (Fsp3) is 0.440. The van der Waals surface area contributed by atoms with Crippen molar-refractivity contribution in [1.29, 1.82) is 0 Å². The van der Waals surface area contributed by atoms with Crippen LogP contribution in [0.1, 0.15) is 48.1 Å². The normalized spacial score (nSPS) is 22.1. The van der Waals surface area contributed by atoms with Crippen molar-refractivity contribution >= 4 is 23.2 Å². The number of piperidine rings is 1. The predicted octanol–water partition coefficient (Wildman–Crippen LogP) is 4.69. The molecule has 2 aliphatic rings. The predicted molar refractivity (Wildman–Crippen MR) is 126 cm³/mol. The van der Waals surface area contributed by atoms with E-state index in [0.717, 1.165) is 16.9 Å². The Bertz CT molecular complexity index is 1220. The molecule has 2 aromatic heterocycles. The second kappa shape index (κ2) is 8.30. The van der Waals surface area contributed by atoms with E-state index in [4.69, 9.17) is 4.74 Å². The second-order valence-corrected chi connectivity index (χ2v) is 11.0. The molecule has 3 aromatic rings. The summed E-state index contributed by atoms with van der Waals surface area (Å²) in [6, 6.07) is 6.25. The van der Waals surface area contributed by atoms with Crippen LogP contribution in [-0.2, 0) is 17.6 Å². The highest BCUT2D eigenvalue weighted by molar-refractivity contribution is 7.11. The molecule has 0 spiro atoms. The topological polar surface area (TPSA) is 77.3 Å². The number of hydrogen-bond acceptors (Lipinski definition) is 6. The fourth-order valence-electron chi connectivity index (χ4n) is 5.18. The van der Waals surface area contributed by atoms with Crippen molar-refractivity contribution < 1.29 is 18.7 Å². The summed E-state index contributed by atoms with van der Waals surface area (Å²) in [5.74, 6) is -0.244. The molecule has 0 saturated carbocycles. The highest BCUT2D eigenvalue weighted by Gasteiger charge is 2.54. The summed E-state index contributed by atoms with van der Waals surface area (Å²) in [4.78, 5) is 33.2. The van der Waals surface area contributed by atoms with E-state index in [0.29, 0.717) is 37.2 Å². The van der Waals surface area contributed by atoms with Crippen molar-refractivity contribution in [2.24, 2.45) is 11.3 Å². The number of benzene rings is 1. The monoisotopic (exact) mass is 482 g/mol. The van der Waals surface area contributed by atoms with Gasteiger partial charge in [0.2, 0.25) is 0 Å². The lowest BCUT2D eigenvalue weighted by atomic mass is 9.60. The Kier molecular flexibility index (Phi) is 5.55. The molecule has 7 nitrogen and oxygen atoms in total. The number of rotatable bonds is 3. The summed E-state index contributed by atoms with van der Waals surface area (Å²) in [5, 5.41) is 4.58. The van der Waals surface area contributed by atoms with Gasteiger partial charge in [-0.15, -0.1) is 11.3 Å². The van der Waals surface area contributed by atoms with Crippen LogP contribution in [0, 0.1) is 17.2 Å². The number of aromatic nitrogens is 3. The van der Waals surface area contributed by atoms with E-state index >= 15 is 0 Å². The van der Waals surface area contributed by atoms with Gasteiger partial charge in [-0.1, -0.05) is 0 Å². The van der Waals surface area contributed by atoms with E-state index < -0.39 is 17.1 Å². The zero-order valence-corrected chi connectivity index (χ0v) is 20.3. The highest BCUT2D eigenvalue weighted by atomic mass is 32.1. The minimum Gasteiger partial charge on any atom is -0.444 e. The van der Waals surface area contributed by atoms with Crippen LogP contribution in [-0.4, -0.2) is 50.2 Å². The quantitative estimate of drug-likeness (QED) is 0.506. The molecule has 3 heterocycles. The molecule has 1 aromatic carbocycles. The van der Waals surface area contributed by atoms with Crippen LogP contribution >= 0.6 is 11.3 Å². The molecular weight excluding hydrogens is 455 g/mol. The van der Waals surface area contributed by atoms with Crippen LogP contribution in [0.3, 0.4) is 0 Å². The first-order valence-electron chi connectivity index (χ1n) is 11.4. The third-order valence-corrected chi connectivity index (χ3v) is 7.51. The Balaban J connectivity index is 1.52. The van der Waals surface area contributed by atoms with E-state index in [2.05, 4.69) is 10.1 Å². The van der Waals surface area contributed by atoms with E-state index in [-0.39, 0.29) is 17.5 Å². The first-order chi connectivity index (χ1) is 16.2. The molecule has 178 valence electrons. The number of ether oxygens (including phenoxy) is 1. The van der Waals surface area contributed by atoms with Gasteiger partial charge in [0.25, 0.3) is 0 Å². The lowest BCUT2D eigenvalue weighted by molar-refractivity contribution is -0.0101. The van der Waals surface area contributed by atoms with Gasteiger partial charge in [0.05, 0.1) is 27.7 Å². The van der Waals surface area contributed by atoms with Crippen molar-refractivity contribution in [3.8, 4) is 5.69 Å². The number of carbonyl (C=O) groups excluding carboxylic acids is 2. The molecule has 1 fully saturated rings. The second-order valence-electron chi connectivity index (χ2n) is 10.1. The number of Topliss-reactive ketones (excluding diaryl/α,β-unsaturated/α-hetero) is 1. The van der Waals surface area contributed by atoms with Gasteiger partial charge >= 0.3 is 6.09 Å². The van der Waals surface area contributed by atoms with Gasteiger partial charge in [-0.2, -0.15) is 5.10 Å². The highest BCUT2D eigenvalue weighted by Crippen LogP contribution is 2.48. The number of likely N-dealkylation sites (tertiary alicyclic amines) is 1. The first-order valence-corrected chi connectivity index (χ1v) is 12.3. The Morgan fingerprint density at radius 3 is 2.65 bits per heavy atom. The number of amides is 1. The fourth-order valence-corrected chi connectivity index (χ4v) is 5.85. The molecule has 2 atom stereocenters. The van der Waals surface area contributed by atoms with E-state index in [9.17, 15) is 14.0 Å². The van der Waals surface area contributed by atoms with Crippen LogP contribution in [0.15, 0.2) is 42.2 Å². The third-order valence-electron chi connectivity index (χ3n) is 6.73. The number of fused-ring (bicyclic) bond motifs is 2. The summed E-state index contributed by atoms with van der Waals surface area (Å²) in [7, 11) is 0. The average molecular weight is 483 g/mol. The molecule has 9 heteroatoms. The molecule has 1 saturated heterocycles. The smallest absolute Gasteiger partial charge is 0.410 e. The van der Waals surface area contributed by atoms with Gasteiger partial charge in [-0.05, 0) is 75.8 Å². The van der Waals surface area contributed by atoms with Gasteiger partial charge in [-0.3, -0.25) is 9.78 Å². The van der Waals surface area contributed by atoms with Crippen molar-refractivity contribution in [3.05, 3.63) is 64.1 Å². The van der Waals surface area contributed by atoms with Gasteiger partial charge in [0.1, 0.15) is 11.4 Å². The summed E-state index contributed by atoms with van der Waals surface area (Å²) < 4.78 is 20.9. The number of ketones is 1. The maximum absolute atomic E-state index is 13.9. The summed E-state index contributed by atoms with van der Waals surface area (Å²) in [6.07, 6.45) is 4.82. The van der Waals surface area contributed by atoms with E-state index in [1.807, 2.05) is 25.5 Å². The number of hydrogen-bond donors (Lipinski definition) is 0. The number of nitrogens with zero attached hydrogens (tertiary/aromatic N) is 4. The number of thiazole rings is 1.